The molecule has 0 radical (unpaired) electrons. The number of oxime groups is 1. The second-order valence-corrected chi connectivity index (χ2v) is 4.86. The van der Waals surface area contributed by atoms with Crippen LogP contribution in [0.2, 0.25) is 5.02 Å². The minimum absolute atomic E-state index is 0.147. The van der Waals surface area contributed by atoms with Gasteiger partial charge in [0.25, 0.3) is 5.91 Å². The van der Waals surface area contributed by atoms with E-state index in [2.05, 4.69) is 10.5 Å². The maximum absolute atomic E-state index is 11.7. The summed E-state index contributed by atoms with van der Waals surface area (Å²) < 4.78 is 0. The summed E-state index contributed by atoms with van der Waals surface area (Å²) in [5.74, 6) is -0.273. The standard InChI is InChI=1S/C16H15ClN2O2/c1-12-9-14(17)7-8-15(12)19-16(20)11-21-18-10-13-5-3-2-4-6-13/h2-10H,11H2,1H3,(H,19,20)/b18-10-. The van der Waals surface area contributed by atoms with Gasteiger partial charge in [0.1, 0.15) is 0 Å². The largest absolute Gasteiger partial charge is 0.386 e. The first-order chi connectivity index (χ1) is 10.1. The molecule has 1 amide bonds. The number of anilines is 1. The van der Waals surface area contributed by atoms with Gasteiger partial charge in [-0.25, -0.2) is 0 Å². The maximum atomic E-state index is 11.7. The summed E-state index contributed by atoms with van der Waals surface area (Å²) in [4.78, 5) is 16.7. The third-order valence-corrected chi connectivity index (χ3v) is 2.97. The molecule has 0 saturated heterocycles. The molecule has 21 heavy (non-hydrogen) atoms. The molecule has 0 unspecified atom stereocenters. The van der Waals surface area contributed by atoms with Crippen LogP contribution in [0.25, 0.3) is 0 Å². The molecule has 0 spiro atoms. The Morgan fingerprint density at radius 2 is 2.05 bits per heavy atom. The van der Waals surface area contributed by atoms with Gasteiger partial charge in [-0.3, -0.25) is 4.79 Å². The van der Waals surface area contributed by atoms with Gasteiger partial charge in [-0.05, 0) is 36.2 Å². The van der Waals surface area contributed by atoms with E-state index in [0.717, 1.165) is 11.1 Å². The Labute approximate surface area is 128 Å². The number of benzene rings is 2. The quantitative estimate of drug-likeness (QED) is 0.677. The van der Waals surface area contributed by atoms with Gasteiger partial charge in [-0.1, -0.05) is 47.1 Å². The predicted octanol–water partition coefficient (Wildman–Crippen LogP) is 3.64. The van der Waals surface area contributed by atoms with Crippen LogP contribution in [0.4, 0.5) is 5.69 Å². The fraction of sp³-hybridized carbons (Fsp3) is 0.125. The van der Waals surface area contributed by atoms with Crippen molar-refractivity contribution in [1.82, 2.24) is 0 Å². The second-order valence-electron chi connectivity index (χ2n) is 4.43. The number of rotatable bonds is 5. The Hall–Kier alpha value is -2.33. The van der Waals surface area contributed by atoms with Gasteiger partial charge in [0.15, 0.2) is 6.61 Å². The van der Waals surface area contributed by atoms with E-state index in [-0.39, 0.29) is 12.5 Å². The molecule has 0 aliphatic carbocycles. The molecular formula is C16H15ClN2O2. The Morgan fingerprint density at radius 1 is 1.29 bits per heavy atom. The molecule has 1 N–H and O–H groups in total. The van der Waals surface area contributed by atoms with Crippen molar-refractivity contribution in [2.75, 3.05) is 11.9 Å². The predicted molar refractivity (Wildman–Crippen MR) is 84.8 cm³/mol. The van der Waals surface area contributed by atoms with Gasteiger partial charge < -0.3 is 10.2 Å². The van der Waals surface area contributed by atoms with Gasteiger partial charge in [-0.2, -0.15) is 0 Å². The fourth-order valence-corrected chi connectivity index (χ4v) is 1.91. The minimum Gasteiger partial charge on any atom is -0.386 e. The number of hydrogen-bond acceptors (Lipinski definition) is 3. The van der Waals surface area contributed by atoms with Crippen LogP contribution in [0.3, 0.4) is 0 Å². The van der Waals surface area contributed by atoms with Gasteiger partial charge in [0.05, 0.1) is 6.21 Å². The average Bonchev–Trinajstić information content (AvgIpc) is 2.48. The zero-order chi connectivity index (χ0) is 15.1. The molecule has 0 saturated carbocycles. The number of nitrogens with one attached hydrogen (secondary N) is 1. The van der Waals surface area contributed by atoms with E-state index in [1.54, 1.807) is 24.4 Å². The third kappa shape index (κ3) is 4.93. The van der Waals surface area contributed by atoms with Crippen LogP contribution in [0.5, 0.6) is 0 Å². The normalized spacial score (nSPS) is 10.6. The summed E-state index contributed by atoms with van der Waals surface area (Å²) in [7, 11) is 0. The third-order valence-electron chi connectivity index (χ3n) is 2.73. The zero-order valence-electron chi connectivity index (χ0n) is 11.5. The average molecular weight is 303 g/mol. The second kappa shape index (κ2) is 7.45. The van der Waals surface area contributed by atoms with Crippen molar-refractivity contribution in [3.8, 4) is 0 Å². The molecule has 2 rings (SSSR count). The lowest BCUT2D eigenvalue weighted by Crippen LogP contribution is -2.17. The Bertz CT molecular complexity index is 642. The Kier molecular flexibility index (Phi) is 5.35. The van der Waals surface area contributed by atoms with Crippen molar-refractivity contribution in [2.24, 2.45) is 5.16 Å². The van der Waals surface area contributed by atoms with E-state index in [1.807, 2.05) is 37.3 Å². The molecule has 0 fully saturated rings. The number of aryl methyl sites for hydroxylation is 1. The van der Waals surface area contributed by atoms with Crippen LogP contribution in [-0.4, -0.2) is 18.7 Å². The van der Waals surface area contributed by atoms with Crippen LogP contribution in [-0.2, 0) is 9.63 Å². The van der Waals surface area contributed by atoms with E-state index in [1.165, 1.54) is 0 Å². The summed E-state index contributed by atoms with van der Waals surface area (Å²) in [6.45, 7) is 1.72. The van der Waals surface area contributed by atoms with Crippen LogP contribution in [0.1, 0.15) is 11.1 Å². The smallest absolute Gasteiger partial charge is 0.265 e. The Balaban J connectivity index is 1.81. The number of halogens is 1. The van der Waals surface area contributed by atoms with Gasteiger partial charge in [0, 0.05) is 10.7 Å². The van der Waals surface area contributed by atoms with Gasteiger partial charge in [0.2, 0.25) is 0 Å². The van der Waals surface area contributed by atoms with Crippen LogP contribution in [0, 0.1) is 6.92 Å². The van der Waals surface area contributed by atoms with Crippen molar-refractivity contribution in [2.45, 2.75) is 6.92 Å². The molecule has 4 nitrogen and oxygen atoms in total. The highest BCUT2D eigenvalue weighted by Crippen LogP contribution is 2.19. The van der Waals surface area contributed by atoms with Crippen molar-refractivity contribution in [3.63, 3.8) is 0 Å². The lowest BCUT2D eigenvalue weighted by atomic mass is 10.2. The first kappa shape index (κ1) is 15.1. The molecule has 5 heteroatoms. The SMILES string of the molecule is Cc1cc(Cl)ccc1NC(=O)CO/N=C\c1ccccc1. The molecular weight excluding hydrogens is 288 g/mol. The number of carbonyl (C=O) groups is 1. The lowest BCUT2D eigenvalue weighted by molar-refractivity contribution is -0.120. The molecule has 0 aliphatic heterocycles. The molecule has 108 valence electrons. The van der Waals surface area contributed by atoms with Gasteiger partial charge >= 0.3 is 0 Å². The summed E-state index contributed by atoms with van der Waals surface area (Å²) in [5.41, 5.74) is 2.51. The highest BCUT2D eigenvalue weighted by molar-refractivity contribution is 6.30. The van der Waals surface area contributed by atoms with Crippen LogP contribution < -0.4 is 5.32 Å². The number of nitrogens with zero attached hydrogens (tertiary/aromatic N) is 1. The summed E-state index contributed by atoms with van der Waals surface area (Å²) in [6.07, 6.45) is 1.56. The number of amides is 1. The first-order valence-electron chi connectivity index (χ1n) is 6.41. The summed E-state index contributed by atoms with van der Waals surface area (Å²) >= 11 is 5.86. The van der Waals surface area contributed by atoms with Gasteiger partial charge in [-0.15, -0.1) is 0 Å². The minimum atomic E-state index is -0.273. The molecule has 2 aromatic rings. The summed E-state index contributed by atoms with van der Waals surface area (Å²) in [5, 5.41) is 7.13. The molecule has 0 bridgehead atoms. The monoisotopic (exact) mass is 302 g/mol. The van der Waals surface area contributed by atoms with E-state index < -0.39 is 0 Å². The molecule has 0 aromatic heterocycles. The van der Waals surface area contributed by atoms with Crippen molar-refractivity contribution >= 4 is 29.4 Å². The van der Waals surface area contributed by atoms with Crippen molar-refractivity contribution in [1.29, 1.82) is 0 Å². The van der Waals surface area contributed by atoms with Crippen molar-refractivity contribution in [3.05, 3.63) is 64.7 Å². The Morgan fingerprint density at radius 3 is 2.76 bits per heavy atom. The number of carbonyl (C=O) groups excluding carboxylic acids is 1. The topological polar surface area (TPSA) is 50.7 Å². The maximum Gasteiger partial charge on any atom is 0.265 e. The summed E-state index contributed by atoms with van der Waals surface area (Å²) in [6, 6.07) is 14.8. The van der Waals surface area contributed by atoms with E-state index in [0.29, 0.717) is 10.7 Å². The van der Waals surface area contributed by atoms with Crippen LogP contribution in [0.15, 0.2) is 53.7 Å². The van der Waals surface area contributed by atoms with Crippen molar-refractivity contribution < 1.29 is 9.63 Å². The molecule has 0 aliphatic rings. The molecule has 2 aromatic carbocycles. The number of hydrogen-bond donors (Lipinski definition) is 1. The zero-order valence-corrected chi connectivity index (χ0v) is 12.3. The van der Waals surface area contributed by atoms with E-state index in [9.17, 15) is 4.79 Å². The lowest BCUT2D eigenvalue weighted by Gasteiger charge is -2.07. The highest BCUT2D eigenvalue weighted by atomic mass is 35.5. The van der Waals surface area contributed by atoms with E-state index in [4.69, 9.17) is 16.4 Å². The molecule has 0 heterocycles. The highest BCUT2D eigenvalue weighted by Gasteiger charge is 2.05. The molecule has 0 atom stereocenters. The van der Waals surface area contributed by atoms with E-state index >= 15 is 0 Å². The fourth-order valence-electron chi connectivity index (χ4n) is 1.69. The van der Waals surface area contributed by atoms with Crippen LogP contribution >= 0.6 is 11.6 Å². The first-order valence-corrected chi connectivity index (χ1v) is 6.79.